The first-order valence-electron chi connectivity index (χ1n) is 7.59. The minimum Gasteiger partial charge on any atom is -0.497 e. The van der Waals surface area contributed by atoms with Crippen LogP contribution in [0.1, 0.15) is 32.2 Å². The first-order chi connectivity index (χ1) is 10.8. The maximum atomic E-state index is 12.5. The number of pyridine rings is 1. The van der Waals surface area contributed by atoms with Crippen LogP contribution in [0.3, 0.4) is 0 Å². The van der Waals surface area contributed by atoms with Crippen LogP contribution in [0.15, 0.2) is 35.1 Å². The molecular formula is C18H21N3O2. The van der Waals surface area contributed by atoms with Crippen molar-refractivity contribution in [1.82, 2.24) is 14.8 Å². The highest BCUT2D eigenvalue weighted by atomic mass is 16.5. The van der Waals surface area contributed by atoms with E-state index in [4.69, 9.17) is 4.74 Å². The van der Waals surface area contributed by atoms with Gasteiger partial charge in [0, 0.05) is 17.2 Å². The van der Waals surface area contributed by atoms with Crippen LogP contribution in [0, 0.1) is 6.92 Å². The molecule has 3 aromatic rings. The van der Waals surface area contributed by atoms with Gasteiger partial charge in [-0.3, -0.25) is 4.79 Å². The SMILES string of the molecule is COc1ccc(-n2nc(C)c3c(=O)cc(C(C)(C)C)[nH]c32)cc1. The number of fused-ring (bicyclic) bond motifs is 1. The topological polar surface area (TPSA) is 59.9 Å². The molecule has 0 saturated heterocycles. The van der Waals surface area contributed by atoms with Crippen LogP contribution in [0.2, 0.25) is 0 Å². The molecule has 0 atom stereocenters. The molecule has 3 rings (SSSR count). The minimum absolute atomic E-state index is 0.000867. The Morgan fingerprint density at radius 2 is 1.83 bits per heavy atom. The zero-order valence-corrected chi connectivity index (χ0v) is 14.1. The lowest BCUT2D eigenvalue weighted by Gasteiger charge is -2.18. The number of methoxy groups -OCH3 is 1. The van der Waals surface area contributed by atoms with Crippen LogP contribution >= 0.6 is 0 Å². The van der Waals surface area contributed by atoms with Crippen LogP contribution in [-0.4, -0.2) is 21.9 Å². The number of aryl methyl sites for hydroxylation is 1. The smallest absolute Gasteiger partial charge is 0.193 e. The standard InChI is InChI=1S/C18H21N3O2/c1-11-16-14(22)10-15(18(2,3)4)19-17(16)21(20-11)12-6-8-13(23-5)9-7-12/h6-10H,1-5H3,(H,19,22). The highest BCUT2D eigenvalue weighted by molar-refractivity contribution is 5.80. The van der Waals surface area contributed by atoms with E-state index in [9.17, 15) is 4.79 Å². The Morgan fingerprint density at radius 1 is 1.17 bits per heavy atom. The quantitative estimate of drug-likeness (QED) is 0.789. The second kappa shape index (κ2) is 5.26. The first-order valence-corrected chi connectivity index (χ1v) is 7.59. The molecule has 0 unspecified atom stereocenters. The Kier molecular flexibility index (Phi) is 3.51. The number of rotatable bonds is 2. The summed E-state index contributed by atoms with van der Waals surface area (Å²) >= 11 is 0. The van der Waals surface area contributed by atoms with Gasteiger partial charge in [0.15, 0.2) is 5.43 Å². The van der Waals surface area contributed by atoms with Gasteiger partial charge in [-0.1, -0.05) is 20.8 Å². The molecule has 5 heteroatoms. The summed E-state index contributed by atoms with van der Waals surface area (Å²) in [5.41, 5.74) is 3.08. The lowest BCUT2D eigenvalue weighted by Crippen LogP contribution is -2.18. The summed E-state index contributed by atoms with van der Waals surface area (Å²) in [5, 5.41) is 5.18. The fourth-order valence-corrected chi connectivity index (χ4v) is 2.62. The van der Waals surface area contributed by atoms with Crippen LogP contribution < -0.4 is 10.2 Å². The number of hydrogen-bond acceptors (Lipinski definition) is 3. The molecule has 0 fully saturated rings. The van der Waals surface area contributed by atoms with E-state index in [-0.39, 0.29) is 10.8 Å². The summed E-state index contributed by atoms with van der Waals surface area (Å²) in [7, 11) is 1.63. The first kappa shape index (κ1) is 15.3. The molecule has 2 heterocycles. The second-order valence-electron chi connectivity index (χ2n) is 6.72. The fourth-order valence-electron chi connectivity index (χ4n) is 2.62. The molecule has 120 valence electrons. The molecule has 0 radical (unpaired) electrons. The minimum atomic E-state index is -0.143. The van der Waals surface area contributed by atoms with Crippen LogP contribution in [0.25, 0.3) is 16.7 Å². The Bertz CT molecular complexity index is 912. The molecule has 1 aromatic carbocycles. The fraction of sp³-hybridized carbons (Fsp3) is 0.333. The van der Waals surface area contributed by atoms with E-state index in [0.29, 0.717) is 5.39 Å². The highest BCUT2D eigenvalue weighted by Crippen LogP contribution is 2.24. The third-order valence-corrected chi connectivity index (χ3v) is 3.96. The van der Waals surface area contributed by atoms with Gasteiger partial charge in [0.1, 0.15) is 11.4 Å². The largest absolute Gasteiger partial charge is 0.497 e. The van der Waals surface area contributed by atoms with Crippen molar-refractivity contribution in [3.8, 4) is 11.4 Å². The summed E-state index contributed by atoms with van der Waals surface area (Å²) in [6.45, 7) is 8.08. The molecule has 1 N–H and O–H groups in total. The molecule has 0 aliphatic carbocycles. The monoisotopic (exact) mass is 311 g/mol. The van der Waals surface area contributed by atoms with E-state index in [0.717, 1.165) is 28.5 Å². The lowest BCUT2D eigenvalue weighted by molar-refractivity contribution is 0.414. The maximum Gasteiger partial charge on any atom is 0.193 e. The Hall–Kier alpha value is -2.56. The number of nitrogens with one attached hydrogen (secondary N) is 1. The maximum absolute atomic E-state index is 12.5. The lowest BCUT2D eigenvalue weighted by atomic mass is 9.91. The summed E-state index contributed by atoms with van der Waals surface area (Å²) in [4.78, 5) is 15.9. The summed E-state index contributed by atoms with van der Waals surface area (Å²) in [6.07, 6.45) is 0. The average Bonchev–Trinajstić information content (AvgIpc) is 2.84. The number of H-pyrrole nitrogens is 1. The Morgan fingerprint density at radius 3 is 2.39 bits per heavy atom. The van der Waals surface area contributed by atoms with Gasteiger partial charge in [0.2, 0.25) is 0 Å². The zero-order chi connectivity index (χ0) is 16.8. The molecule has 0 bridgehead atoms. The number of hydrogen-bond donors (Lipinski definition) is 1. The van der Waals surface area contributed by atoms with Crippen molar-refractivity contribution in [2.45, 2.75) is 33.1 Å². The highest BCUT2D eigenvalue weighted by Gasteiger charge is 2.20. The number of aromatic nitrogens is 3. The zero-order valence-electron chi connectivity index (χ0n) is 14.1. The van der Waals surface area contributed by atoms with Gasteiger partial charge in [-0.15, -0.1) is 0 Å². The summed E-state index contributed by atoms with van der Waals surface area (Å²) in [5.74, 6) is 0.783. The van der Waals surface area contributed by atoms with Crippen molar-refractivity contribution in [2.75, 3.05) is 7.11 Å². The van der Waals surface area contributed by atoms with Crippen LogP contribution in [0.5, 0.6) is 5.75 Å². The van der Waals surface area contributed by atoms with Crippen LogP contribution in [-0.2, 0) is 5.41 Å². The van der Waals surface area contributed by atoms with Gasteiger partial charge in [-0.2, -0.15) is 5.10 Å². The molecule has 2 aromatic heterocycles. The molecule has 0 saturated carbocycles. The van der Waals surface area contributed by atoms with Gasteiger partial charge in [-0.25, -0.2) is 4.68 Å². The molecular weight excluding hydrogens is 290 g/mol. The van der Waals surface area contributed by atoms with E-state index < -0.39 is 0 Å². The van der Waals surface area contributed by atoms with Crippen molar-refractivity contribution in [3.05, 3.63) is 51.9 Å². The van der Waals surface area contributed by atoms with Crippen molar-refractivity contribution >= 4 is 11.0 Å². The molecule has 0 aliphatic heterocycles. The van der Waals surface area contributed by atoms with E-state index >= 15 is 0 Å². The van der Waals surface area contributed by atoms with E-state index in [1.54, 1.807) is 17.9 Å². The van der Waals surface area contributed by atoms with Crippen molar-refractivity contribution in [1.29, 1.82) is 0 Å². The third kappa shape index (κ3) is 2.63. The predicted molar refractivity (Wildman–Crippen MR) is 91.7 cm³/mol. The normalized spacial score (nSPS) is 11.9. The predicted octanol–water partition coefficient (Wildman–Crippen LogP) is 3.33. The number of aromatic amines is 1. The van der Waals surface area contributed by atoms with Gasteiger partial charge < -0.3 is 9.72 Å². The number of benzene rings is 1. The van der Waals surface area contributed by atoms with Crippen molar-refractivity contribution in [3.63, 3.8) is 0 Å². The molecule has 0 spiro atoms. The van der Waals surface area contributed by atoms with Gasteiger partial charge in [-0.05, 0) is 31.2 Å². The van der Waals surface area contributed by atoms with Crippen molar-refractivity contribution < 1.29 is 4.74 Å². The Balaban J connectivity index is 2.28. The van der Waals surface area contributed by atoms with Crippen molar-refractivity contribution in [2.24, 2.45) is 0 Å². The molecule has 23 heavy (non-hydrogen) atoms. The van der Waals surface area contributed by atoms with Crippen LogP contribution in [0.4, 0.5) is 0 Å². The third-order valence-electron chi connectivity index (χ3n) is 3.96. The van der Waals surface area contributed by atoms with E-state index in [1.807, 2.05) is 31.2 Å². The van der Waals surface area contributed by atoms with E-state index in [2.05, 4.69) is 30.9 Å². The molecule has 0 aliphatic rings. The van der Waals surface area contributed by atoms with E-state index in [1.165, 1.54) is 0 Å². The van der Waals surface area contributed by atoms with Gasteiger partial charge in [0.25, 0.3) is 0 Å². The average molecular weight is 311 g/mol. The Labute approximate surface area is 134 Å². The number of nitrogens with zero attached hydrogens (tertiary/aromatic N) is 2. The molecule has 0 amide bonds. The summed E-state index contributed by atoms with van der Waals surface area (Å²) < 4.78 is 6.97. The summed E-state index contributed by atoms with van der Waals surface area (Å²) in [6, 6.07) is 9.28. The molecule has 5 nitrogen and oxygen atoms in total. The van der Waals surface area contributed by atoms with Gasteiger partial charge >= 0.3 is 0 Å². The number of ether oxygens (including phenoxy) is 1. The second-order valence-corrected chi connectivity index (χ2v) is 6.72. The van der Waals surface area contributed by atoms with Gasteiger partial charge in [0.05, 0.1) is 23.9 Å².